The molecule has 1 fully saturated rings. The van der Waals surface area contributed by atoms with Gasteiger partial charge in [-0.1, -0.05) is 50.2 Å². The molecule has 2 aromatic carbocycles. The highest BCUT2D eigenvalue weighted by Crippen LogP contribution is 2.43. The van der Waals surface area contributed by atoms with Gasteiger partial charge in [-0.05, 0) is 52.7 Å². The minimum atomic E-state index is 0.577. The lowest BCUT2D eigenvalue weighted by molar-refractivity contribution is 0.306. The number of benzene rings is 2. The molecule has 1 saturated heterocycles. The second-order valence-corrected chi connectivity index (χ2v) is 8.91. The van der Waals surface area contributed by atoms with E-state index in [9.17, 15) is 0 Å². The Morgan fingerprint density at radius 1 is 0.957 bits per heavy atom. The van der Waals surface area contributed by atoms with Gasteiger partial charge in [-0.25, -0.2) is 0 Å². The van der Waals surface area contributed by atoms with Crippen molar-refractivity contribution in [3.8, 4) is 5.75 Å². The van der Waals surface area contributed by atoms with Crippen LogP contribution in [0.15, 0.2) is 48.5 Å². The summed E-state index contributed by atoms with van der Waals surface area (Å²) in [6.07, 6.45) is 1.34. The minimum absolute atomic E-state index is 0.577. The lowest BCUT2D eigenvalue weighted by Crippen LogP contribution is -2.00. The molecule has 0 N–H and O–H groups in total. The number of rotatable bonds is 5. The van der Waals surface area contributed by atoms with E-state index in [2.05, 4.69) is 85.9 Å². The molecule has 0 atom stereocenters. The van der Waals surface area contributed by atoms with E-state index < -0.39 is 0 Å². The van der Waals surface area contributed by atoms with Crippen LogP contribution in [0.3, 0.4) is 0 Å². The molecule has 1 nitrogen and oxygen atoms in total. The fourth-order valence-corrected chi connectivity index (χ4v) is 5.46. The molecule has 1 aliphatic heterocycles. The van der Waals surface area contributed by atoms with Crippen molar-refractivity contribution in [2.75, 3.05) is 11.5 Å². The Morgan fingerprint density at radius 2 is 1.61 bits per heavy atom. The van der Waals surface area contributed by atoms with Gasteiger partial charge in [0.05, 0.1) is 4.58 Å². The van der Waals surface area contributed by atoms with E-state index in [1.54, 1.807) is 0 Å². The van der Waals surface area contributed by atoms with Crippen LogP contribution in [0.4, 0.5) is 0 Å². The minimum Gasteiger partial charge on any atom is -0.489 e. The molecule has 2 aromatic rings. The molecule has 122 valence electrons. The van der Waals surface area contributed by atoms with Crippen LogP contribution in [0, 0.1) is 0 Å². The van der Waals surface area contributed by atoms with E-state index in [1.165, 1.54) is 34.6 Å². The molecule has 0 spiro atoms. The monoisotopic (exact) mass is 344 g/mol. The van der Waals surface area contributed by atoms with Crippen molar-refractivity contribution >= 4 is 23.5 Å². The fraction of sp³-hybridized carbons (Fsp3) is 0.400. The van der Waals surface area contributed by atoms with Gasteiger partial charge in [-0.15, -0.1) is 23.5 Å². The van der Waals surface area contributed by atoms with Gasteiger partial charge in [0.15, 0.2) is 0 Å². The summed E-state index contributed by atoms with van der Waals surface area (Å²) in [5, 5.41) is 0. The standard InChI is InChI=1S/C20H24OS2/c1-15(2)17-6-4-16(5-7-17)14-21-19-10-8-18(9-11-19)20-22-12-3-13-23-20/h4-11,15,20H,3,12-14H2,1-2H3. The van der Waals surface area contributed by atoms with Gasteiger partial charge >= 0.3 is 0 Å². The van der Waals surface area contributed by atoms with Gasteiger partial charge in [0, 0.05) is 0 Å². The summed E-state index contributed by atoms with van der Waals surface area (Å²) < 4.78 is 6.52. The third-order valence-electron chi connectivity index (χ3n) is 4.03. The smallest absolute Gasteiger partial charge is 0.119 e. The van der Waals surface area contributed by atoms with Gasteiger partial charge in [0.2, 0.25) is 0 Å². The summed E-state index contributed by atoms with van der Waals surface area (Å²) in [5.74, 6) is 4.09. The van der Waals surface area contributed by atoms with Gasteiger partial charge in [0.1, 0.15) is 12.4 Å². The topological polar surface area (TPSA) is 9.23 Å². The first kappa shape index (κ1) is 16.8. The summed E-state index contributed by atoms with van der Waals surface area (Å²) in [5.41, 5.74) is 4.01. The van der Waals surface area contributed by atoms with Crippen LogP contribution in [0.2, 0.25) is 0 Å². The number of thioether (sulfide) groups is 2. The molecule has 3 rings (SSSR count). The first-order valence-corrected chi connectivity index (χ1v) is 10.4. The molecule has 1 aliphatic rings. The second kappa shape index (κ2) is 8.16. The van der Waals surface area contributed by atoms with E-state index in [0.717, 1.165) is 5.75 Å². The summed E-state index contributed by atoms with van der Waals surface area (Å²) in [6.45, 7) is 5.07. The van der Waals surface area contributed by atoms with Gasteiger partial charge in [-0.2, -0.15) is 0 Å². The maximum atomic E-state index is 5.92. The van der Waals surface area contributed by atoms with Crippen molar-refractivity contribution in [2.24, 2.45) is 0 Å². The van der Waals surface area contributed by atoms with Crippen LogP contribution in [-0.4, -0.2) is 11.5 Å². The molecule has 0 saturated carbocycles. The Hall–Kier alpha value is -1.06. The van der Waals surface area contributed by atoms with Crippen molar-refractivity contribution in [2.45, 2.75) is 37.4 Å². The van der Waals surface area contributed by atoms with Crippen LogP contribution < -0.4 is 4.74 Å². The van der Waals surface area contributed by atoms with Crippen LogP contribution >= 0.6 is 23.5 Å². The van der Waals surface area contributed by atoms with E-state index in [0.29, 0.717) is 17.1 Å². The third-order valence-corrected chi connectivity index (χ3v) is 7.05. The highest BCUT2D eigenvalue weighted by molar-refractivity contribution is 8.16. The maximum Gasteiger partial charge on any atom is 0.119 e. The number of hydrogen-bond donors (Lipinski definition) is 0. The van der Waals surface area contributed by atoms with Gasteiger partial charge in [-0.3, -0.25) is 0 Å². The average Bonchev–Trinajstić information content (AvgIpc) is 2.61. The Balaban J connectivity index is 1.55. The maximum absolute atomic E-state index is 5.92. The normalized spacial score (nSPS) is 15.8. The highest BCUT2D eigenvalue weighted by atomic mass is 32.2. The quantitative estimate of drug-likeness (QED) is 0.634. The van der Waals surface area contributed by atoms with Crippen LogP contribution in [0.1, 0.15) is 47.5 Å². The van der Waals surface area contributed by atoms with Gasteiger partial charge < -0.3 is 4.74 Å². The highest BCUT2D eigenvalue weighted by Gasteiger charge is 2.16. The molecule has 0 radical (unpaired) electrons. The van der Waals surface area contributed by atoms with E-state index in [4.69, 9.17) is 4.74 Å². The fourth-order valence-electron chi connectivity index (χ4n) is 2.57. The molecule has 0 amide bonds. The van der Waals surface area contributed by atoms with Crippen LogP contribution in [-0.2, 0) is 6.61 Å². The van der Waals surface area contributed by atoms with Gasteiger partial charge in [0.25, 0.3) is 0 Å². The van der Waals surface area contributed by atoms with Crippen molar-refractivity contribution in [1.82, 2.24) is 0 Å². The van der Waals surface area contributed by atoms with E-state index >= 15 is 0 Å². The van der Waals surface area contributed by atoms with E-state index in [-0.39, 0.29) is 0 Å². The largest absolute Gasteiger partial charge is 0.489 e. The van der Waals surface area contributed by atoms with E-state index in [1.807, 2.05) is 0 Å². The summed E-state index contributed by atoms with van der Waals surface area (Å²) >= 11 is 4.12. The Bertz CT molecular complexity index is 599. The lowest BCUT2D eigenvalue weighted by Gasteiger charge is -2.21. The SMILES string of the molecule is CC(C)c1ccc(COc2ccc(C3SCCCS3)cc2)cc1. The Morgan fingerprint density at radius 3 is 2.22 bits per heavy atom. The van der Waals surface area contributed by atoms with Crippen LogP contribution in [0.25, 0.3) is 0 Å². The lowest BCUT2D eigenvalue weighted by atomic mass is 10.0. The number of hydrogen-bond acceptors (Lipinski definition) is 3. The zero-order valence-electron chi connectivity index (χ0n) is 13.8. The first-order chi connectivity index (χ1) is 11.2. The number of ether oxygens (including phenoxy) is 1. The molecule has 1 heterocycles. The van der Waals surface area contributed by atoms with Crippen LogP contribution in [0.5, 0.6) is 5.75 Å². The van der Waals surface area contributed by atoms with Crippen molar-refractivity contribution < 1.29 is 4.74 Å². The zero-order valence-corrected chi connectivity index (χ0v) is 15.5. The molecular weight excluding hydrogens is 320 g/mol. The zero-order chi connectivity index (χ0) is 16.1. The van der Waals surface area contributed by atoms with Crippen molar-refractivity contribution in [1.29, 1.82) is 0 Å². The summed E-state index contributed by atoms with van der Waals surface area (Å²) in [7, 11) is 0. The summed E-state index contributed by atoms with van der Waals surface area (Å²) in [6, 6.07) is 17.4. The second-order valence-electron chi connectivity index (χ2n) is 6.18. The molecule has 23 heavy (non-hydrogen) atoms. The molecule has 3 heteroatoms. The molecular formula is C20H24OS2. The molecule has 0 aliphatic carbocycles. The predicted octanol–water partition coefficient (Wildman–Crippen LogP) is 6.26. The molecule has 0 unspecified atom stereocenters. The average molecular weight is 345 g/mol. The Kier molecular flexibility index (Phi) is 5.96. The van der Waals surface area contributed by atoms with Crippen molar-refractivity contribution in [3.05, 3.63) is 65.2 Å². The first-order valence-electron chi connectivity index (χ1n) is 8.27. The van der Waals surface area contributed by atoms with Crippen molar-refractivity contribution in [3.63, 3.8) is 0 Å². The Labute approximate surface area is 148 Å². The molecule has 0 aromatic heterocycles. The summed E-state index contributed by atoms with van der Waals surface area (Å²) in [4.78, 5) is 0. The predicted molar refractivity (Wildman–Crippen MR) is 104 cm³/mol. The third kappa shape index (κ3) is 4.71. The molecule has 0 bridgehead atoms.